The van der Waals surface area contributed by atoms with Crippen molar-refractivity contribution < 1.29 is 22.7 Å². The number of amides is 1. The summed E-state index contributed by atoms with van der Waals surface area (Å²) in [6, 6.07) is 4.24. The van der Waals surface area contributed by atoms with E-state index in [2.05, 4.69) is 21.2 Å². The average Bonchev–Trinajstić information content (AvgIpc) is 2.66. The number of carbonyl (C=O) groups excluding carboxylic acids is 1. The molecule has 2 atom stereocenters. The monoisotopic (exact) mass is 486 g/mol. The van der Waals surface area contributed by atoms with Gasteiger partial charge < -0.3 is 15.0 Å². The molecule has 164 valence electrons. The van der Waals surface area contributed by atoms with Gasteiger partial charge in [0.25, 0.3) is 0 Å². The van der Waals surface area contributed by atoms with Gasteiger partial charge in [0, 0.05) is 23.1 Å². The van der Waals surface area contributed by atoms with E-state index in [9.17, 15) is 18.0 Å². The zero-order chi connectivity index (χ0) is 21.1. The van der Waals surface area contributed by atoms with Crippen molar-refractivity contribution >= 4 is 33.2 Å². The number of rotatable bonds is 3. The molecule has 4 bridgehead atoms. The molecule has 1 aromatic rings. The number of benzene rings is 1. The summed E-state index contributed by atoms with van der Waals surface area (Å²) in [7, 11) is 0. The lowest BCUT2D eigenvalue weighted by Crippen LogP contribution is -2.57. The Hall–Kier alpha value is -1.28. The number of morpholine rings is 1. The van der Waals surface area contributed by atoms with E-state index in [-0.39, 0.29) is 15.9 Å². The van der Waals surface area contributed by atoms with Crippen molar-refractivity contribution in [1.82, 2.24) is 0 Å². The zero-order valence-corrected chi connectivity index (χ0v) is 18.3. The highest BCUT2D eigenvalue weighted by molar-refractivity contribution is 9.10. The number of carbonyl (C=O) groups is 1. The summed E-state index contributed by atoms with van der Waals surface area (Å²) in [5.74, 6) is 0.731. The smallest absolute Gasteiger partial charge is 0.378 e. The van der Waals surface area contributed by atoms with Crippen molar-refractivity contribution in [3.63, 3.8) is 0 Å². The number of anilines is 2. The third-order valence-corrected chi connectivity index (χ3v) is 8.33. The second-order valence-corrected chi connectivity index (χ2v) is 11.4. The lowest BCUT2D eigenvalue weighted by atomic mass is 9.49. The van der Waals surface area contributed by atoms with E-state index in [1.807, 2.05) is 4.90 Å². The molecule has 1 saturated heterocycles. The first-order valence-corrected chi connectivity index (χ1v) is 11.5. The molecule has 4 nitrogen and oxygen atoms in total. The van der Waals surface area contributed by atoms with Gasteiger partial charge in [0.15, 0.2) is 0 Å². The van der Waals surface area contributed by atoms with Crippen LogP contribution in [-0.4, -0.2) is 36.5 Å². The largest absolute Gasteiger partial charge is 0.418 e. The second kappa shape index (κ2) is 7.12. The highest BCUT2D eigenvalue weighted by Crippen LogP contribution is 2.64. The quantitative estimate of drug-likeness (QED) is 0.595. The van der Waals surface area contributed by atoms with Crippen LogP contribution in [-0.2, 0) is 15.7 Å². The van der Waals surface area contributed by atoms with Crippen molar-refractivity contribution in [2.45, 2.75) is 49.0 Å². The summed E-state index contributed by atoms with van der Waals surface area (Å²) in [5.41, 5.74) is -0.959. The third kappa shape index (κ3) is 3.64. The van der Waals surface area contributed by atoms with Gasteiger partial charge in [-0.05, 0) is 68.6 Å². The number of hydrogen-bond donors (Lipinski definition) is 1. The number of ether oxygens (including phenoxy) is 1. The molecule has 30 heavy (non-hydrogen) atoms. The van der Waals surface area contributed by atoms with Gasteiger partial charge in [0.1, 0.15) is 0 Å². The fourth-order valence-corrected chi connectivity index (χ4v) is 8.02. The Labute approximate surface area is 182 Å². The number of halogens is 4. The summed E-state index contributed by atoms with van der Waals surface area (Å²) in [5, 5.41) is 2.70. The summed E-state index contributed by atoms with van der Waals surface area (Å²) in [6.45, 7) is 2.11. The summed E-state index contributed by atoms with van der Waals surface area (Å²) in [6.07, 6.45) is 1.03. The Morgan fingerprint density at radius 3 is 2.40 bits per heavy atom. The Morgan fingerprint density at radius 2 is 1.80 bits per heavy atom. The first-order valence-electron chi connectivity index (χ1n) is 10.7. The Balaban J connectivity index is 1.42. The molecule has 0 radical (unpaired) electrons. The first kappa shape index (κ1) is 20.6. The molecule has 5 aliphatic rings. The second-order valence-electron chi connectivity index (χ2n) is 9.67. The number of nitrogens with one attached hydrogen (secondary N) is 1. The molecule has 4 aliphatic carbocycles. The number of nitrogens with zero attached hydrogens (tertiary/aromatic N) is 1. The molecular formula is C22H26BrF3N2O2. The van der Waals surface area contributed by atoms with Crippen LogP contribution in [0.5, 0.6) is 0 Å². The maximum atomic E-state index is 13.9. The van der Waals surface area contributed by atoms with Crippen LogP contribution < -0.4 is 10.2 Å². The standard InChI is InChI=1S/C22H26BrF3N2O2/c23-21-11-14-7-15(12-21)10-20(9-14,13-21)19(29)27-18-2-1-16(8-17(18)22(24,25)26)28-3-5-30-6-4-28/h1-2,8,14-15H,3-7,9-13H2,(H,27,29). The maximum Gasteiger partial charge on any atom is 0.418 e. The molecule has 5 fully saturated rings. The fraction of sp³-hybridized carbons (Fsp3) is 0.682. The minimum absolute atomic E-state index is 0.0263. The first-order chi connectivity index (χ1) is 14.2. The summed E-state index contributed by atoms with van der Waals surface area (Å²) in [4.78, 5) is 15.2. The van der Waals surface area contributed by atoms with Crippen LogP contribution in [0, 0.1) is 17.3 Å². The van der Waals surface area contributed by atoms with Gasteiger partial charge in [0.2, 0.25) is 5.91 Å². The molecule has 1 amide bonds. The maximum absolute atomic E-state index is 13.9. The van der Waals surface area contributed by atoms with Crippen molar-refractivity contribution in [3.05, 3.63) is 23.8 Å². The van der Waals surface area contributed by atoms with E-state index in [1.54, 1.807) is 6.07 Å². The van der Waals surface area contributed by atoms with E-state index in [0.29, 0.717) is 50.2 Å². The fourth-order valence-electron chi connectivity index (χ4n) is 6.57. The topological polar surface area (TPSA) is 41.6 Å². The number of hydrogen-bond acceptors (Lipinski definition) is 3. The lowest BCUT2D eigenvalue weighted by Gasteiger charge is -2.59. The summed E-state index contributed by atoms with van der Waals surface area (Å²) < 4.78 is 46.9. The predicted octanol–water partition coefficient (Wildman–Crippen LogP) is 5.21. The van der Waals surface area contributed by atoms with Gasteiger partial charge in [-0.2, -0.15) is 13.2 Å². The van der Waals surface area contributed by atoms with Crippen molar-refractivity contribution in [2.24, 2.45) is 17.3 Å². The van der Waals surface area contributed by atoms with Gasteiger partial charge in [-0.15, -0.1) is 0 Å². The molecule has 1 heterocycles. The lowest BCUT2D eigenvalue weighted by molar-refractivity contribution is -0.139. The van der Waals surface area contributed by atoms with Crippen molar-refractivity contribution in [2.75, 3.05) is 36.5 Å². The van der Waals surface area contributed by atoms with Crippen LogP contribution >= 0.6 is 15.9 Å². The van der Waals surface area contributed by atoms with Crippen LogP contribution in [0.1, 0.15) is 44.1 Å². The molecule has 8 heteroatoms. The molecule has 2 unspecified atom stereocenters. The van der Waals surface area contributed by atoms with E-state index >= 15 is 0 Å². The molecule has 1 aromatic carbocycles. The van der Waals surface area contributed by atoms with Crippen LogP contribution in [0.25, 0.3) is 0 Å². The molecule has 6 rings (SSSR count). The number of alkyl halides is 4. The van der Waals surface area contributed by atoms with Gasteiger partial charge in [-0.25, -0.2) is 0 Å². The molecular weight excluding hydrogens is 461 g/mol. The molecule has 0 spiro atoms. The average molecular weight is 487 g/mol. The minimum Gasteiger partial charge on any atom is -0.378 e. The van der Waals surface area contributed by atoms with Crippen LogP contribution in [0.4, 0.5) is 24.5 Å². The Kier molecular flexibility index (Phi) is 4.89. The molecule has 4 saturated carbocycles. The molecule has 0 aromatic heterocycles. The van der Waals surface area contributed by atoms with E-state index in [4.69, 9.17) is 4.74 Å². The van der Waals surface area contributed by atoms with Gasteiger partial charge in [0.05, 0.1) is 29.9 Å². The van der Waals surface area contributed by atoms with E-state index in [0.717, 1.165) is 38.2 Å². The zero-order valence-electron chi connectivity index (χ0n) is 16.7. The normalized spacial score (nSPS) is 35.5. The van der Waals surface area contributed by atoms with Crippen LogP contribution in [0.2, 0.25) is 0 Å². The highest BCUT2D eigenvalue weighted by Gasteiger charge is 2.59. The van der Waals surface area contributed by atoms with E-state index in [1.165, 1.54) is 6.07 Å². The SMILES string of the molecule is O=C(Nc1ccc(N2CCOCC2)cc1C(F)(F)F)C12CC3CC(CC(Br)(C3)C1)C2. The van der Waals surface area contributed by atoms with Gasteiger partial charge >= 0.3 is 6.18 Å². The molecule has 1 N–H and O–H groups in total. The van der Waals surface area contributed by atoms with Gasteiger partial charge in [-0.1, -0.05) is 15.9 Å². The van der Waals surface area contributed by atoms with Crippen LogP contribution in [0.15, 0.2) is 18.2 Å². The predicted molar refractivity (Wildman–Crippen MR) is 112 cm³/mol. The third-order valence-electron chi connectivity index (χ3n) is 7.40. The van der Waals surface area contributed by atoms with Crippen LogP contribution in [0.3, 0.4) is 0 Å². The van der Waals surface area contributed by atoms with E-state index < -0.39 is 17.2 Å². The minimum atomic E-state index is -4.54. The Morgan fingerprint density at radius 1 is 1.13 bits per heavy atom. The summed E-state index contributed by atoms with van der Waals surface area (Å²) >= 11 is 3.87. The van der Waals surface area contributed by atoms with Crippen molar-refractivity contribution in [3.8, 4) is 0 Å². The molecule has 1 aliphatic heterocycles. The van der Waals surface area contributed by atoms with Crippen molar-refractivity contribution in [1.29, 1.82) is 0 Å². The Bertz CT molecular complexity index is 839. The highest BCUT2D eigenvalue weighted by atomic mass is 79.9. The van der Waals surface area contributed by atoms with Gasteiger partial charge in [-0.3, -0.25) is 4.79 Å².